The van der Waals surface area contributed by atoms with Crippen LogP contribution in [0.3, 0.4) is 0 Å². The van der Waals surface area contributed by atoms with E-state index in [4.69, 9.17) is 16.3 Å². The average molecular weight is 479 g/mol. The number of fused-ring (bicyclic) bond motifs is 1. The fourth-order valence-electron chi connectivity index (χ4n) is 3.76. The van der Waals surface area contributed by atoms with Crippen LogP contribution in [0, 0.1) is 11.8 Å². The molecule has 172 valence electrons. The van der Waals surface area contributed by atoms with Gasteiger partial charge < -0.3 is 10.1 Å². The summed E-state index contributed by atoms with van der Waals surface area (Å²) in [5, 5.41) is 6.55. The minimum Gasteiger partial charge on any atom is -0.466 e. The van der Waals surface area contributed by atoms with Crippen LogP contribution in [-0.4, -0.2) is 18.1 Å². The summed E-state index contributed by atoms with van der Waals surface area (Å²) in [5.74, 6) is 6.11. The lowest BCUT2D eigenvalue weighted by molar-refractivity contribution is -0.133. The summed E-state index contributed by atoms with van der Waals surface area (Å²) in [5.41, 5.74) is 4.47. The standard InChI is InChI=1S/C30H23ClN2O2/c1-4-21(24-12-7-6-11-23(24)20(2)30(34)35-3)16-17-22-10-5-8-14-27(22)33-28-15-9-13-25-26(31)18-19-32-29(25)28/h4-15,18-19,33H,1H2,2-3H3/b23-20+,24-21+. The number of methoxy groups -OCH3 is 1. The Kier molecular flexibility index (Phi) is 7.30. The van der Waals surface area contributed by atoms with E-state index in [0.717, 1.165) is 38.3 Å². The summed E-state index contributed by atoms with van der Waals surface area (Å²) >= 11 is 6.35. The molecule has 1 heterocycles. The van der Waals surface area contributed by atoms with E-state index >= 15 is 0 Å². The number of esters is 1. The highest BCUT2D eigenvalue weighted by Crippen LogP contribution is 2.30. The van der Waals surface area contributed by atoms with Gasteiger partial charge in [-0.2, -0.15) is 0 Å². The third-order valence-electron chi connectivity index (χ3n) is 5.56. The first kappa shape index (κ1) is 23.8. The Labute approximate surface area is 209 Å². The number of hydrogen-bond donors (Lipinski definition) is 1. The van der Waals surface area contributed by atoms with Crippen LogP contribution >= 0.6 is 11.6 Å². The predicted octanol–water partition coefficient (Wildman–Crippen LogP) is 5.36. The van der Waals surface area contributed by atoms with Crippen LogP contribution in [0.25, 0.3) is 22.0 Å². The maximum absolute atomic E-state index is 12.1. The number of rotatable bonds is 4. The van der Waals surface area contributed by atoms with E-state index in [9.17, 15) is 4.79 Å². The Morgan fingerprint density at radius 2 is 1.71 bits per heavy atom. The number of carbonyl (C=O) groups is 1. The lowest BCUT2D eigenvalue weighted by atomic mass is 10.1. The Bertz CT molecular complexity index is 1630. The van der Waals surface area contributed by atoms with E-state index in [1.807, 2.05) is 66.7 Å². The van der Waals surface area contributed by atoms with Crippen LogP contribution in [0.4, 0.5) is 11.4 Å². The van der Waals surface area contributed by atoms with Crippen molar-refractivity contribution in [1.82, 2.24) is 4.98 Å². The molecule has 0 spiro atoms. The lowest BCUT2D eigenvalue weighted by Gasteiger charge is -2.11. The third kappa shape index (κ3) is 5.11. The van der Waals surface area contributed by atoms with Crippen LogP contribution in [0.5, 0.6) is 0 Å². The van der Waals surface area contributed by atoms with Gasteiger partial charge in [0.15, 0.2) is 0 Å². The van der Waals surface area contributed by atoms with Gasteiger partial charge in [0.05, 0.1) is 29.0 Å². The van der Waals surface area contributed by atoms with Crippen molar-refractivity contribution in [2.24, 2.45) is 0 Å². The monoisotopic (exact) mass is 478 g/mol. The normalized spacial score (nSPS) is 12.2. The second-order valence-corrected chi connectivity index (χ2v) is 8.10. The highest BCUT2D eigenvalue weighted by Gasteiger charge is 2.08. The number of nitrogens with one attached hydrogen (secondary N) is 1. The Balaban J connectivity index is 1.82. The van der Waals surface area contributed by atoms with Crippen molar-refractivity contribution in [3.8, 4) is 11.8 Å². The molecule has 0 bridgehead atoms. The zero-order valence-electron chi connectivity index (χ0n) is 19.4. The predicted molar refractivity (Wildman–Crippen MR) is 144 cm³/mol. The van der Waals surface area contributed by atoms with Gasteiger partial charge in [-0.3, -0.25) is 4.98 Å². The highest BCUT2D eigenvalue weighted by molar-refractivity contribution is 6.35. The molecule has 4 rings (SSSR count). The van der Waals surface area contributed by atoms with Crippen LogP contribution in [-0.2, 0) is 9.53 Å². The van der Waals surface area contributed by atoms with Crippen LogP contribution in [0.15, 0.2) is 91.6 Å². The van der Waals surface area contributed by atoms with E-state index in [1.54, 1.807) is 25.3 Å². The number of halogens is 1. The number of nitrogens with zero attached hydrogens (tertiary/aromatic N) is 1. The quantitative estimate of drug-likeness (QED) is 0.317. The third-order valence-corrected chi connectivity index (χ3v) is 5.89. The van der Waals surface area contributed by atoms with Crippen molar-refractivity contribution in [3.05, 3.63) is 113 Å². The molecule has 1 N–H and O–H groups in total. The van der Waals surface area contributed by atoms with Gasteiger partial charge in [-0.1, -0.05) is 84.6 Å². The summed E-state index contributed by atoms with van der Waals surface area (Å²) < 4.78 is 4.91. The molecule has 35 heavy (non-hydrogen) atoms. The number of benzene rings is 3. The minimum atomic E-state index is -0.382. The van der Waals surface area contributed by atoms with Gasteiger partial charge in [-0.05, 0) is 41.6 Å². The van der Waals surface area contributed by atoms with Crippen molar-refractivity contribution >= 4 is 51.0 Å². The van der Waals surface area contributed by atoms with E-state index in [1.165, 1.54) is 7.11 Å². The largest absolute Gasteiger partial charge is 0.466 e. The molecule has 1 aromatic heterocycles. The van der Waals surface area contributed by atoms with Crippen molar-refractivity contribution in [1.29, 1.82) is 0 Å². The SMILES string of the molecule is C=C/C(C#Cc1ccccc1Nc1cccc2c(Cl)ccnc12)=c1/cccc/c1=C(/C)C(=O)OC. The van der Waals surface area contributed by atoms with E-state index in [2.05, 4.69) is 28.7 Å². The highest BCUT2D eigenvalue weighted by atomic mass is 35.5. The van der Waals surface area contributed by atoms with Crippen LogP contribution < -0.4 is 15.8 Å². The Morgan fingerprint density at radius 3 is 2.49 bits per heavy atom. The summed E-state index contributed by atoms with van der Waals surface area (Å²) in [4.78, 5) is 16.6. The number of para-hydroxylation sites is 2. The van der Waals surface area contributed by atoms with Gasteiger partial charge >= 0.3 is 5.97 Å². The molecule has 0 aliphatic heterocycles. The van der Waals surface area contributed by atoms with Gasteiger partial charge in [0.1, 0.15) is 0 Å². The number of carbonyl (C=O) groups excluding carboxylic acids is 1. The van der Waals surface area contributed by atoms with Gasteiger partial charge in [0, 0.05) is 28.3 Å². The molecule has 3 aromatic carbocycles. The molecule has 0 atom stereocenters. The van der Waals surface area contributed by atoms with Gasteiger partial charge in [0.25, 0.3) is 0 Å². The molecule has 4 aromatic rings. The first-order valence-corrected chi connectivity index (χ1v) is 11.3. The first-order valence-electron chi connectivity index (χ1n) is 11.0. The number of allylic oxidation sites excluding steroid dienone is 1. The molecular formula is C30H23ClN2O2. The first-order chi connectivity index (χ1) is 17.0. The maximum Gasteiger partial charge on any atom is 0.334 e. The Hall–Kier alpha value is -4.33. The van der Waals surface area contributed by atoms with Crippen molar-refractivity contribution in [2.75, 3.05) is 12.4 Å². The number of ether oxygens (including phenoxy) is 1. The summed E-state index contributed by atoms with van der Waals surface area (Å²) in [7, 11) is 1.37. The van der Waals surface area contributed by atoms with Crippen molar-refractivity contribution < 1.29 is 9.53 Å². The molecule has 0 radical (unpaired) electrons. The fraction of sp³-hybridized carbons (Fsp3) is 0.0667. The molecule has 5 heteroatoms. The molecule has 0 saturated heterocycles. The topological polar surface area (TPSA) is 51.2 Å². The van der Waals surface area contributed by atoms with Gasteiger partial charge in [-0.15, -0.1) is 0 Å². The fourth-order valence-corrected chi connectivity index (χ4v) is 3.97. The second kappa shape index (κ2) is 10.7. The van der Waals surface area contributed by atoms with Crippen molar-refractivity contribution in [3.63, 3.8) is 0 Å². The van der Waals surface area contributed by atoms with E-state index < -0.39 is 0 Å². The minimum absolute atomic E-state index is 0.382. The number of anilines is 2. The smallest absolute Gasteiger partial charge is 0.334 e. The second-order valence-electron chi connectivity index (χ2n) is 7.70. The number of hydrogen-bond acceptors (Lipinski definition) is 4. The molecule has 0 amide bonds. The lowest BCUT2D eigenvalue weighted by Crippen LogP contribution is -2.30. The van der Waals surface area contributed by atoms with E-state index in [-0.39, 0.29) is 5.97 Å². The molecule has 4 nitrogen and oxygen atoms in total. The average Bonchev–Trinajstić information content (AvgIpc) is 2.90. The van der Waals surface area contributed by atoms with Crippen molar-refractivity contribution in [2.45, 2.75) is 6.92 Å². The van der Waals surface area contributed by atoms with Crippen LogP contribution in [0.2, 0.25) is 5.02 Å². The summed E-state index contributed by atoms with van der Waals surface area (Å²) in [6.07, 6.45) is 3.39. The van der Waals surface area contributed by atoms with E-state index in [0.29, 0.717) is 16.2 Å². The number of pyridine rings is 1. The maximum atomic E-state index is 12.1. The van der Waals surface area contributed by atoms with Gasteiger partial charge in [-0.25, -0.2) is 4.79 Å². The zero-order valence-corrected chi connectivity index (χ0v) is 20.2. The molecular weight excluding hydrogens is 456 g/mol. The van der Waals surface area contributed by atoms with Crippen LogP contribution in [0.1, 0.15) is 12.5 Å². The number of aromatic nitrogens is 1. The molecule has 0 fully saturated rings. The zero-order chi connectivity index (χ0) is 24.8. The summed E-state index contributed by atoms with van der Waals surface area (Å²) in [6.45, 7) is 5.68. The molecule has 0 unspecified atom stereocenters. The van der Waals surface area contributed by atoms with Gasteiger partial charge in [0.2, 0.25) is 0 Å². The molecule has 0 aliphatic carbocycles. The summed E-state index contributed by atoms with van der Waals surface area (Å²) in [6, 6.07) is 23.0. The Morgan fingerprint density at radius 1 is 1.00 bits per heavy atom. The molecule has 0 saturated carbocycles. The molecule has 0 aliphatic rings.